The minimum atomic E-state index is -0.844. The van der Waals surface area contributed by atoms with Crippen LogP contribution in [0.25, 0.3) is 21.9 Å². The molecule has 9 heteroatoms. The molecule has 0 saturated carbocycles. The first-order valence-electron chi connectivity index (χ1n) is 10.5. The number of aromatic hydroxyl groups is 1. The number of fused-ring (bicyclic) bond motifs is 4. The molecule has 9 nitrogen and oxygen atoms in total. The highest BCUT2D eigenvalue weighted by atomic mass is 16.6. The van der Waals surface area contributed by atoms with Gasteiger partial charge in [0.25, 0.3) is 0 Å². The number of methoxy groups -OCH3 is 3. The second kappa shape index (κ2) is 8.35. The van der Waals surface area contributed by atoms with Gasteiger partial charge in [-0.1, -0.05) is 12.1 Å². The summed E-state index contributed by atoms with van der Waals surface area (Å²) in [4.78, 5) is 13.4. The summed E-state index contributed by atoms with van der Waals surface area (Å²) in [5.41, 5.74) is 0.774. The lowest BCUT2D eigenvalue weighted by molar-refractivity contribution is -0.0134. The van der Waals surface area contributed by atoms with Crippen molar-refractivity contribution in [3.63, 3.8) is 0 Å². The van der Waals surface area contributed by atoms with Gasteiger partial charge in [-0.05, 0) is 30.3 Å². The van der Waals surface area contributed by atoms with E-state index in [-0.39, 0.29) is 45.1 Å². The second-order valence-electron chi connectivity index (χ2n) is 7.69. The van der Waals surface area contributed by atoms with E-state index >= 15 is 0 Å². The van der Waals surface area contributed by atoms with Crippen molar-refractivity contribution in [2.24, 2.45) is 0 Å². The Bertz CT molecular complexity index is 1460. The zero-order valence-corrected chi connectivity index (χ0v) is 18.7. The smallest absolute Gasteiger partial charge is 0.209 e. The Balaban J connectivity index is 1.74. The van der Waals surface area contributed by atoms with Crippen molar-refractivity contribution < 1.29 is 38.3 Å². The van der Waals surface area contributed by atoms with Crippen LogP contribution in [-0.2, 0) is 0 Å². The maximum Gasteiger partial charge on any atom is 0.209 e. The number of ether oxygens (including phenoxy) is 5. The Morgan fingerprint density at radius 3 is 2.38 bits per heavy atom. The van der Waals surface area contributed by atoms with Crippen molar-refractivity contribution in [2.75, 3.05) is 27.9 Å². The Hall–Kier alpha value is -4.11. The van der Waals surface area contributed by atoms with Gasteiger partial charge in [0.15, 0.2) is 35.0 Å². The molecule has 3 aromatic carbocycles. The molecule has 176 valence electrons. The molecule has 0 unspecified atom stereocenters. The van der Waals surface area contributed by atoms with Crippen LogP contribution < -0.4 is 29.1 Å². The van der Waals surface area contributed by atoms with E-state index in [0.29, 0.717) is 22.3 Å². The molecule has 2 heterocycles. The van der Waals surface area contributed by atoms with E-state index in [9.17, 15) is 15.0 Å². The van der Waals surface area contributed by atoms with Crippen molar-refractivity contribution in [3.05, 3.63) is 58.3 Å². The van der Waals surface area contributed by atoms with E-state index in [1.165, 1.54) is 33.5 Å². The third-order valence-corrected chi connectivity index (χ3v) is 5.83. The molecule has 0 saturated heterocycles. The van der Waals surface area contributed by atoms with Crippen molar-refractivity contribution in [2.45, 2.75) is 12.2 Å². The van der Waals surface area contributed by atoms with Crippen LogP contribution in [0.2, 0.25) is 0 Å². The molecule has 0 aliphatic carbocycles. The van der Waals surface area contributed by atoms with Crippen LogP contribution in [0.5, 0.6) is 34.5 Å². The monoisotopic (exact) mass is 466 g/mol. The van der Waals surface area contributed by atoms with Crippen molar-refractivity contribution in [1.29, 1.82) is 0 Å². The molecule has 0 fully saturated rings. The van der Waals surface area contributed by atoms with Gasteiger partial charge in [0.2, 0.25) is 16.9 Å². The maximum atomic E-state index is 13.4. The zero-order chi connectivity index (χ0) is 24.0. The van der Waals surface area contributed by atoms with Gasteiger partial charge in [-0.15, -0.1) is 0 Å². The number of phenols is 1. The number of aliphatic hydroxyl groups excluding tert-OH is 1. The van der Waals surface area contributed by atoms with E-state index in [4.69, 9.17) is 28.1 Å². The van der Waals surface area contributed by atoms with E-state index in [1.54, 1.807) is 30.3 Å². The Morgan fingerprint density at radius 2 is 1.68 bits per heavy atom. The Labute approximate surface area is 193 Å². The fraction of sp³-hybridized carbons (Fsp3) is 0.240. The molecule has 0 spiro atoms. The lowest BCUT2D eigenvalue weighted by atomic mass is 10.0. The molecular formula is C25H22O9. The molecule has 0 amide bonds. The quantitative estimate of drug-likeness (QED) is 0.426. The molecule has 2 N–H and O–H groups in total. The van der Waals surface area contributed by atoms with E-state index in [2.05, 4.69) is 0 Å². The van der Waals surface area contributed by atoms with Gasteiger partial charge >= 0.3 is 0 Å². The van der Waals surface area contributed by atoms with Crippen LogP contribution >= 0.6 is 0 Å². The van der Waals surface area contributed by atoms with Gasteiger partial charge < -0.3 is 38.3 Å². The summed E-state index contributed by atoms with van der Waals surface area (Å²) < 4.78 is 34.5. The van der Waals surface area contributed by atoms with Crippen LogP contribution in [0.15, 0.2) is 51.7 Å². The predicted molar refractivity (Wildman–Crippen MR) is 123 cm³/mol. The third kappa shape index (κ3) is 3.24. The molecule has 5 rings (SSSR count). The van der Waals surface area contributed by atoms with Crippen LogP contribution in [0, 0.1) is 0 Å². The first kappa shape index (κ1) is 21.7. The van der Waals surface area contributed by atoms with Gasteiger partial charge in [0, 0.05) is 5.56 Å². The van der Waals surface area contributed by atoms with Crippen molar-refractivity contribution in [3.8, 4) is 34.5 Å². The summed E-state index contributed by atoms with van der Waals surface area (Å²) in [6.07, 6.45) is -1.60. The van der Waals surface area contributed by atoms with Gasteiger partial charge in [0.05, 0.1) is 33.3 Å². The first-order valence-corrected chi connectivity index (χ1v) is 10.5. The average molecular weight is 466 g/mol. The Morgan fingerprint density at radius 1 is 0.912 bits per heavy atom. The normalized spacial score (nSPS) is 17.1. The summed E-state index contributed by atoms with van der Waals surface area (Å²) in [5.74, 6) is 1.24. The fourth-order valence-corrected chi connectivity index (χ4v) is 4.18. The summed E-state index contributed by atoms with van der Waals surface area (Å²) in [5, 5.41) is 20.6. The predicted octanol–water partition coefficient (Wildman–Crippen LogP) is 3.55. The van der Waals surface area contributed by atoms with Gasteiger partial charge in [-0.25, -0.2) is 0 Å². The Kier molecular flexibility index (Phi) is 5.33. The van der Waals surface area contributed by atoms with Gasteiger partial charge in [0.1, 0.15) is 16.7 Å². The molecule has 1 aromatic heterocycles. The maximum absolute atomic E-state index is 13.4. The van der Waals surface area contributed by atoms with Gasteiger partial charge in [-0.3, -0.25) is 4.79 Å². The summed E-state index contributed by atoms with van der Waals surface area (Å²) >= 11 is 0. The molecular weight excluding hydrogens is 444 g/mol. The first-order chi connectivity index (χ1) is 16.5. The lowest BCUT2D eigenvalue weighted by Crippen LogP contribution is -2.36. The van der Waals surface area contributed by atoms with Crippen LogP contribution in [0.3, 0.4) is 0 Å². The van der Waals surface area contributed by atoms with Gasteiger partial charge in [-0.2, -0.15) is 0 Å². The number of aliphatic hydroxyl groups is 1. The molecule has 1 aliphatic heterocycles. The highest BCUT2D eigenvalue weighted by Gasteiger charge is 2.37. The minimum Gasteiger partial charge on any atom is -0.504 e. The number of hydrogen-bond acceptors (Lipinski definition) is 9. The summed E-state index contributed by atoms with van der Waals surface area (Å²) in [7, 11) is 4.37. The van der Waals surface area contributed by atoms with E-state index in [0.717, 1.165) is 0 Å². The molecule has 0 radical (unpaired) electrons. The van der Waals surface area contributed by atoms with Crippen molar-refractivity contribution in [1.82, 2.24) is 0 Å². The van der Waals surface area contributed by atoms with E-state index < -0.39 is 18.8 Å². The SMILES string of the molecule is COc1cc([C@@H]2Oc3c(OC)cc4c(=O)c5c(OC)cccc5oc4c3O[C@H]2CO)ccc1O. The van der Waals surface area contributed by atoms with Crippen LogP contribution in [-0.4, -0.2) is 44.3 Å². The molecule has 2 atom stereocenters. The van der Waals surface area contributed by atoms with Crippen molar-refractivity contribution >= 4 is 21.9 Å². The summed E-state index contributed by atoms with van der Waals surface area (Å²) in [6.45, 7) is -0.391. The number of hydrogen-bond donors (Lipinski definition) is 2. The zero-order valence-electron chi connectivity index (χ0n) is 18.7. The second-order valence-corrected chi connectivity index (χ2v) is 7.69. The van der Waals surface area contributed by atoms with E-state index in [1.807, 2.05) is 0 Å². The summed E-state index contributed by atoms with van der Waals surface area (Å²) in [6, 6.07) is 11.3. The molecule has 1 aliphatic rings. The molecule has 0 bridgehead atoms. The topological polar surface area (TPSA) is 117 Å². The van der Waals surface area contributed by atoms with Crippen LogP contribution in [0.1, 0.15) is 11.7 Å². The lowest BCUT2D eigenvalue weighted by Gasteiger charge is -2.34. The minimum absolute atomic E-state index is 0.0309. The highest BCUT2D eigenvalue weighted by molar-refractivity contribution is 5.97. The number of benzene rings is 3. The third-order valence-electron chi connectivity index (χ3n) is 5.83. The van der Waals surface area contributed by atoms with Crippen LogP contribution in [0.4, 0.5) is 0 Å². The molecule has 4 aromatic rings. The number of phenolic OH excluding ortho intramolecular Hbond substituents is 1. The highest BCUT2D eigenvalue weighted by Crippen LogP contribution is 2.50. The average Bonchev–Trinajstić information content (AvgIpc) is 2.87. The number of rotatable bonds is 5. The fourth-order valence-electron chi connectivity index (χ4n) is 4.18. The molecule has 34 heavy (non-hydrogen) atoms. The largest absolute Gasteiger partial charge is 0.504 e. The standard InChI is InChI=1S/C25H22O9/c1-29-15-5-4-6-16-20(15)21(28)13-10-18(31-3)24-25(23(13)32-16)33-19(11-26)22(34-24)12-7-8-14(27)17(9-12)30-2/h4-10,19,22,26-27H,11H2,1-3H3/t19-,22-/m0/s1.